The fraction of sp³-hybridized carbons (Fsp3) is 0.458. The number of nitrogens with zero attached hydrogens (tertiary/aromatic N) is 1. The fourth-order valence-corrected chi connectivity index (χ4v) is 4.56. The molecule has 2 aromatic carbocycles. The molecule has 0 saturated carbocycles. The minimum atomic E-state index is 0.132. The molecule has 0 radical (unpaired) electrons. The van der Waals surface area contributed by atoms with Gasteiger partial charge < -0.3 is 20.0 Å². The van der Waals surface area contributed by atoms with Crippen molar-refractivity contribution in [3.05, 3.63) is 60.2 Å². The molecule has 3 N–H and O–H groups in total. The van der Waals surface area contributed by atoms with E-state index >= 15 is 0 Å². The van der Waals surface area contributed by atoms with Crippen LogP contribution in [0.1, 0.15) is 24.8 Å². The molecule has 2 fully saturated rings. The summed E-state index contributed by atoms with van der Waals surface area (Å²) in [6.45, 7) is 8.43. The third-order valence-electron chi connectivity index (χ3n) is 6.25. The van der Waals surface area contributed by atoms with Gasteiger partial charge in [-0.25, -0.2) is 0 Å². The maximum atomic E-state index is 12.3. The normalized spacial score (nSPS) is 18.6. The first-order valence-electron chi connectivity index (χ1n) is 11.1. The van der Waals surface area contributed by atoms with Crippen molar-refractivity contribution in [3.8, 4) is 0 Å². The van der Waals surface area contributed by atoms with Gasteiger partial charge in [0.05, 0.1) is 39.3 Å². The lowest BCUT2D eigenvalue weighted by Crippen LogP contribution is -3.13. The molecule has 154 valence electrons. The number of carbonyl (C=O) groups is 1. The molecular weight excluding hydrogens is 360 g/mol. The monoisotopic (exact) mass is 394 g/mol. The van der Waals surface area contributed by atoms with Gasteiger partial charge in [0.2, 0.25) is 0 Å². The van der Waals surface area contributed by atoms with Crippen molar-refractivity contribution in [1.29, 1.82) is 0 Å². The van der Waals surface area contributed by atoms with Crippen LogP contribution >= 0.6 is 0 Å². The number of anilines is 2. The van der Waals surface area contributed by atoms with Crippen LogP contribution in [0.25, 0.3) is 0 Å². The van der Waals surface area contributed by atoms with E-state index in [4.69, 9.17) is 0 Å². The Hall–Kier alpha value is -2.37. The second-order valence-electron chi connectivity index (χ2n) is 8.48. The topological polar surface area (TPSA) is 41.2 Å². The van der Waals surface area contributed by atoms with Gasteiger partial charge in [0, 0.05) is 16.9 Å². The number of hydrogen-bond acceptors (Lipinski definition) is 2. The van der Waals surface area contributed by atoms with E-state index in [9.17, 15) is 4.79 Å². The van der Waals surface area contributed by atoms with Crippen LogP contribution in [0.4, 0.5) is 11.4 Å². The molecule has 0 aliphatic carbocycles. The van der Waals surface area contributed by atoms with Gasteiger partial charge in [0.1, 0.15) is 6.54 Å². The molecule has 0 unspecified atom stereocenters. The Morgan fingerprint density at radius 2 is 1.52 bits per heavy atom. The molecule has 0 bridgehead atoms. The van der Waals surface area contributed by atoms with E-state index in [2.05, 4.69) is 52.7 Å². The van der Waals surface area contributed by atoms with Gasteiger partial charge in [0.25, 0.3) is 5.91 Å². The van der Waals surface area contributed by atoms with Crippen LogP contribution in [0.5, 0.6) is 0 Å². The summed E-state index contributed by atoms with van der Waals surface area (Å²) in [4.78, 5) is 17.8. The molecule has 1 amide bonds. The average molecular weight is 395 g/mol. The Morgan fingerprint density at radius 3 is 2.21 bits per heavy atom. The Morgan fingerprint density at radius 1 is 0.828 bits per heavy atom. The van der Waals surface area contributed by atoms with Crippen molar-refractivity contribution < 1.29 is 14.6 Å². The van der Waals surface area contributed by atoms with Gasteiger partial charge in [-0.1, -0.05) is 30.3 Å². The van der Waals surface area contributed by atoms with Gasteiger partial charge in [-0.05, 0) is 43.5 Å². The summed E-state index contributed by atoms with van der Waals surface area (Å²) in [5.74, 6) is 0.132. The van der Waals surface area contributed by atoms with E-state index < -0.39 is 0 Å². The van der Waals surface area contributed by atoms with E-state index in [1.165, 1.54) is 35.4 Å². The van der Waals surface area contributed by atoms with E-state index in [-0.39, 0.29) is 5.91 Å². The summed E-state index contributed by atoms with van der Waals surface area (Å²) >= 11 is 0. The summed E-state index contributed by atoms with van der Waals surface area (Å²) in [6, 6.07) is 19.1. The van der Waals surface area contributed by atoms with Crippen LogP contribution in [0, 0.1) is 0 Å². The number of rotatable bonds is 6. The van der Waals surface area contributed by atoms with Crippen molar-refractivity contribution in [1.82, 2.24) is 0 Å². The average Bonchev–Trinajstić information content (AvgIpc) is 2.76. The van der Waals surface area contributed by atoms with Gasteiger partial charge in [-0.3, -0.25) is 4.79 Å². The predicted octanol–water partition coefficient (Wildman–Crippen LogP) is 0.599. The van der Waals surface area contributed by atoms with Crippen molar-refractivity contribution in [2.24, 2.45) is 0 Å². The van der Waals surface area contributed by atoms with E-state index in [1.807, 2.05) is 12.1 Å². The Bertz CT molecular complexity index is 763. The zero-order valence-corrected chi connectivity index (χ0v) is 17.3. The molecule has 29 heavy (non-hydrogen) atoms. The van der Waals surface area contributed by atoms with Crippen LogP contribution < -0.4 is 20.0 Å². The largest absolute Gasteiger partial charge is 0.360 e. The highest BCUT2D eigenvalue weighted by atomic mass is 16.2. The van der Waals surface area contributed by atoms with Gasteiger partial charge in [-0.2, -0.15) is 0 Å². The molecule has 0 atom stereocenters. The Labute approximate surface area is 174 Å². The smallest absolute Gasteiger partial charge is 0.279 e. The van der Waals surface area contributed by atoms with Gasteiger partial charge in [0.15, 0.2) is 6.54 Å². The number of nitrogens with one attached hydrogen (secondary N) is 3. The summed E-state index contributed by atoms with van der Waals surface area (Å²) in [7, 11) is 0. The lowest BCUT2D eigenvalue weighted by atomic mass is 10.1. The molecule has 2 saturated heterocycles. The van der Waals surface area contributed by atoms with Crippen LogP contribution in [-0.4, -0.2) is 51.7 Å². The number of piperidine rings is 1. The van der Waals surface area contributed by atoms with Crippen molar-refractivity contribution in [2.75, 3.05) is 56.0 Å². The molecule has 4 rings (SSSR count). The first-order chi connectivity index (χ1) is 14.3. The van der Waals surface area contributed by atoms with Crippen LogP contribution in [0.3, 0.4) is 0 Å². The summed E-state index contributed by atoms with van der Waals surface area (Å²) in [5, 5.41) is 3.07. The minimum Gasteiger partial charge on any atom is -0.360 e. The molecule has 0 spiro atoms. The first kappa shape index (κ1) is 19.9. The molecule has 2 heterocycles. The van der Waals surface area contributed by atoms with Crippen LogP contribution in [0.15, 0.2) is 54.6 Å². The maximum Gasteiger partial charge on any atom is 0.279 e. The van der Waals surface area contributed by atoms with Crippen molar-refractivity contribution >= 4 is 17.3 Å². The standard InChI is InChI=1S/C24H32N4O/c29-24(20-26-13-5-2-6-14-26)25-22-9-11-23(12-10-22)28-17-15-27(16-18-28)19-21-7-3-1-4-8-21/h1,3-4,7-12H,2,5-6,13-20H2,(H,25,29)/p+2. The third-order valence-corrected chi connectivity index (χ3v) is 6.25. The number of quaternary nitrogens is 2. The zero-order valence-electron chi connectivity index (χ0n) is 17.3. The number of carbonyl (C=O) groups excluding carboxylic acids is 1. The molecular formula is C24H34N4O+2. The highest BCUT2D eigenvalue weighted by Gasteiger charge is 2.21. The lowest BCUT2D eigenvalue weighted by molar-refractivity contribution is -0.914. The molecule has 2 aromatic rings. The number of amides is 1. The number of benzene rings is 2. The highest BCUT2D eigenvalue weighted by molar-refractivity contribution is 5.91. The van der Waals surface area contributed by atoms with Gasteiger partial charge >= 0.3 is 0 Å². The SMILES string of the molecule is O=C(C[NH+]1CCCCC1)Nc1ccc(N2CC[NH+](Cc3ccccc3)CC2)cc1. The maximum absolute atomic E-state index is 12.3. The van der Waals surface area contributed by atoms with Crippen LogP contribution in [-0.2, 0) is 11.3 Å². The van der Waals surface area contributed by atoms with E-state index in [0.29, 0.717) is 6.54 Å². The number of hydrogen-bond donors (Lipinski definition) is 3. The molecule has 5 heteroatoms. The summed E-state index contributed by atoms with van der Waals surface area (Å²) in [6.07, 6.45) is 3.81. The van der Waals surface area contributed by atoms with Crippen molar-refractivity contribution in [2.45, 2.75) is 25.8 Å². The third kappa shape index (κ3) is 5.81. The lowest BCUT2D eigenvalue weighted by Gasteiger charge is -2.33. The quantitative estimate of drug-likeness (QED) is 0.672. The summed E-state index contributed by atoms with van der Waals surface area (Å²) in [5.41, 5.74) is 3.58. The molecule has 5 nitrogen and oxygen atoms in total. The number of piperazine rings is 1. The first-order valence-corrected chi connectivity index (χ1v) is 11.1. The van der Waals surface area contributed by atoms with Crippen molar-refractivity contribution in [3.63, 3.8) is 0 Å². The Kier molecular flexibility index (Phi) is 6.80. The van der Waals surface area contributed by atoms with E-state index in [1.54, 1.807) is 4.90 Å². The van der Waals surface area contributed by atoms with Gasteiger partial charge in [-0.15, -0.1) is 0 Å². The minimum absolute atomic E-state index is 0.132. The predicted molar refractivity (Wildman–Crippen MR) is 118 cm³/mol. The zero-order chi connectivity index (χ0) is 19.9. The highest BCUT2D eigenvalue weighted by Crippen LogP contribution is 2.18. The fourth-order valence-electron chi connectivity index (χ4n) is 4.56. The molecule has 2 aliphatic rings. The molecule has 0 aromatic heterocycles. The summed E-state index contributed by atoms with van der Waals surface area (Å²) < 4.78 is 0. The second kappa shape index (κ2) is 9.90. The van der Waals surface area contributed by atoms with E-state index in [0.717, 1.165) is 51.5 Å². The van der Waals surface area contributed by atoms with Crippen LogP contribution in [0.2, 0.25) is 0 Å². The molecule has 2 aliphatic heterocycles. The number of likely N-dealkylation sites (tertiary alicyclic amines) is 1. The Balaban J connectivity index is 1.23. The second-order valence-corrected chi connectivity index (χ2v) is 8.48.